The molecule has 0 spiro atoms. The van der Waals surface area contributed by atoms with Crippen LogP contribution in [0.3, 0.4) is 0 Å². The van der Waals surface area contributed by atoms with Crippen LogP contribution in [-0.4, -0.2) is 22.6 Å². The third-order valence-corrected chi connectivity index (χ3v) is 4.52. The fourth-order valence-electron chi connectivity index (χ4n) is 2.14. The first-order chi connectivity index (χ1) is 10.1. The summed E-state index contributed by atoms with van der Waals surface area (Å²) in [7, 11) is 0. The zero-order chi connectivity index (χ0) is 15.2. The van der Waals surface area contributed by atoms with E-state index in [0.29, 0.717) is 5.56 Å². The second-order valence-electron chi connectivity index (χ2n) is 4.77. The van der Waals surface area contributed by atoms with Crippen LogP contribution in [0.15, 0.2) is 24.3 Å². The van der Waals surface area contributed by atoms with E-state index in [0.717, 1.165) is 36.5 Å². The van der Waals surface area contributed by atoms with Gasteiger partial charge in [-0.1, -0.05) is 26.0 Å². The monoisotopic (exact) mass is 304 g/mol. The summed E-state index contributed by atoms with van der Waals surface area (Å²) in [4.78, 5) is 16.7. The maximum Gasteiger partial charge on any atom is 0.335 e. The molecular formula is C16H20N2O2S. The van der Waals surface area contributed by atoms with Crippen LogP contribution in [-0.2, 0) is 19.3 Å². The molecule has 2 aromatic rings. The number of aryl methyl sites for hydroxylation is 2. The second kappa shape index (κ2) is 7.22. The van der Waals surface area contributed by atoms with Gasteiger partial charge >= 0.3 is 5.97 Å². The van der Waals surface area contributed by atoms with Crippen LogP contribution in [0.2, 0.25) is 0 Å². The van der Waals surface area contributed by atoms with Gasteiger partial charge in [0.1, 0.15) is 0 Å². The number of nitrogens with zero attached hydrogens (tertiary/aromatic N) is 1. The molecule has 0 aliphatic heterocycles. The van der Waals surface area contributed by atoms with Gasteiger partial charge in [-0.15, -0.1) is 11.3 Å². The van der Waals surface area contributed by atoms with Crippen molar-refractivity contribution in [1.29, 1.82) is 0 Å². The Morgan fingerprint density at radius 3 is 2.48 bits per heavy atom. The molecule has 0 aliphatic carbocycles. The van der Waals surface area contributed by atoms with Crippen LogP contribution in [0.4, 0.5) is 5.13 Å². The van der Waals surface area contributed by atoms with Gasteiger partial charge in [-0.2, -0.15) is 0 Å². The minimum Gasteiger partial charge on any atom is -0.478 e. The average molecular weight is 304 g/mol. The van der Waals surface area contributed by atoms with Crippen molar-refractivity contribution in [3.8, 4) is 0 Å². The Morgan fingerprint density at radius 2 is 1.95 bits per heavy atom. The number of aromatic carboxylic acids is 1. The number of benzene rings is 1. The molecular weight excluding hydrogens is 284 g/mol. The van der Waals surface area contributed by atoms with E-state index in [1.807, 2.05) is 12.1 Å². The molecule has 0 unspecified atom stereocenters. The highest BCUT2D eigenvalue weighted by Gasteiger charge is 2.07. The van der Waals surface area contributed by atoms with Gasteiger partial charge in [-0.25, -0.2) is 9.78 Å². The Bertz CT molecular complexity index is 584. The lowest BCUT2D eigenvalue weighted by atomic mass is 10.1. The molecule has 0 fully saturated rings. The summed E-state index contributed by atoms with van der Waals surface area (Å²) in [6.07, 6.45) is 2.85. The lowest BCUT2D eigenvalue weighted by molar-refractivity contribution is 0.0697. The van der Waals surface area contributed by atoms with E-state index in [1.54, 1.807) is 23.5 Å². The van der Waals surface area contributed by atoms with Gasteiger partial charge in [0.25, 0.3) is 0 Å². The molecule has 4 nitrogen and oxygen atoms in total. The molecule has 0 atom stereocenters. The summed E-state index contributed by atoms with van der Waals surface area (Å²) in [6, 6.07) is 7.01. The number of aromatic nitrogens is 1. The van der Waals surface area contributed by atoms with Crippen molar-refractivity contribution < 1.29 is 9.90 Å². The highest BCUT2D eigenvalue weighted by atomic mass is 32.1. The molecule has 21 heavy (non-hydrogen) atoms. The Morgan fingerprint density at radius 1 is 1.24 bits per heavy atom. The number of hydrogen-bond donors (Lipinski definition) is 2. The van der Waals surface area contributed by atoms with Crippen LogP contribution in [0.25, 0.3) is 0 Å². The molecule has 2 rings (SSSR count). The zero-order valence-corrected chi connectivity index (χ0v) is 13.2. The third-order valence-electron chi connectivity index (χ3n) is 3.33. The van der Waals surface area contributed by atoms with Crippen molar-refractivity contribution in [2.24, 2.45) is 0 Å². The number of carbonyl (C=O) groups is 1. The van der Waals surface area contributed by atoms with Crippen molar-refractivity contribution in [2.45, 2.75) is 33.1 Å². The van der Waals surface area contributed by atoms with Crippen molar-refractivity contribution >= 4 is 22.4 Å². The summed E-state index contributed by atoms with van der Waals surface area (Å²) in [5, 5.41) is 13.2. The molecule has 1 heterocycles. The smallest absolute Gasteiger partial charge is 0.335 e. The maximum absolute atomic E-state index is 10.8. The molecule has 0 bridgehead atoms. The molecule has 0 saturated carbocycles. The minimum atomic E-state index is -0.887. The first kappa shape index (κ1) is 15.5. The second-order valence-corrected chi connectivity index (χ2v) is 5.86. The molecule has 0 amide bonds. The number of carboxylic acids is 1. The van der Waals surface area contributed by atoms with E-state index in [9.17, 15) is 4.79 Å². The number of thiazole rings is 1. The topological polar surface area (TPSA) is 62.2 Å². The molecule has 0 radical (unpaired) electrons. The summed E-state index contributed by atoms with van der Waals surface area (Å²) < 4.78 is 0. The van der Waals surface area contributed by atoms with Crippen LogP contribution < -0.4 is 5.32 Å². The van der Waals surface area contributed by atoms with E-state index < -0.39 is 5.97 Å². The predicted octanol–water partition coefficient (Wildman–Crippen LogP) is 3.62. The number of hydrogen-bond acceptors (Lipinski definition) is 4. The first-order valence-electron chi connectivity index (χ1n) is 7.18. The van der Waals surface area contributed by atoms with Crippen LogP contribution in [0, 0.1) is 0 Å². The number of carboxylic acid groups (broad SMARTS) is 1. The fraction of sp³-hybridized carbons (Fsp3) is 0.375. The lowest BCUT2D eigenvalue weighted by Gasteiger charge is -2.03. The zero-order valence-electron chi connectivity index (χ0n) is 12.3. The first-order valence-corrected chi connectivity index (χ1v) is 8.00. The molecule has 1 aromatic carbocycles. The highest BCUT2D eigenvalue weighted by molar-refractivity contribution is 7.15. The molecule has 0 aliphatic rings. The van der Waals surface area contributed by atoms with Crippen molar-refractivity contribution in [3.63, 3.8) is 0 Å². The van der Waals surface area contributed by atoms with Crippen LogP contribution >= 0.6 is 11.3 Å². The number of nitrogens with one attached hydrogen (secondary N) is 1. The van der Waals surface area contributed by atoms with E-state index in [1.165, 1.54) is 10.6 Å². The maximum atomic E-state index is 10.8. The molecule has 1 aromatic heterocycles. The van der Waals surface area contributed by atoms with Gasteiger partial charge < -0.3 is 10.4 Å². The number of anilines is 1. The largest absolute Gasteiger partial charge is 0.478 e. The van der Waals surface area contributed by atoms with E-state index in [4.69, 9.17) is 5.11 Å². The van der Waals surface area contributed by atoms with Gasteiger partial charge in [-0.05, 0) is 37.0 Å². The van der Waals surface area contributed by atoms with Gasteiger partial charge in [0.15, 0.2) is 5.13 Å². The van der Waals surface area contributed by atoms with Crippen molar-refractivity contribution in [3.05, 3.63) is 46.0 Å². The summed E-state index contributed by atoms with van der Waals surface area (Å²) >= 11 is 1.73. The Labute approximate surface area is 128 Å². The average Bonchev–Trinajstić information content (AvgIpc) is 2.90. The number of rotatable bonds is 7. The van der Waals surface area contributed by atoms with E-state index in [-0.39, 0.29) is 0 Å². The molecule has 2 N–H and O–H groups in total. The van der Waals surface area contributed by atoms with Gasteiger partial charge in [-0.3, -0.25) is 0 Å². The van der Waals surface area contributed by atoms with E-state index >= 15 is 0 Å². The highest BCUT2D eigenvalue weighted by Crippen LogP contribution is 2.23. The molecule has 5 heteroatoms. The van der Waals surface area contributed by atoms with Crippen LogP contribution in [0.5, 0.6) is 0 Å². The van der Waals surface area contributed by atoms with Gasteiger partial charge in [0, 0.05) is 11.4 Å². The standard InChI is InChI=1S/C16H20N2O2S/c1-3-13-14(4-2)21-16(18-13)17-10-9-11-5-7-12(8-6-11)15(19)20/h5-8H,3-4,9-10H2,1-2H3,(H,17,18)(H,19,20). The molecule has 112 valence electrons. The third kappa shape index (κ3) is 4.04. The van der Waals surface area contributed by atoms with Gasteiger partial charge in [0.05, 0.1) is 11.3 Å². The summed E-state index contributed by atoms with van der Waals surface area (Å²) in [5.74, 6) is -0.887. The fourth-order valence-corrected chi connectivity index (χ4v) is 3.15. The van der Waals surface area contributed by atoms with E-state index in [2.05, 4.69) is 24.1 Å². The predicted molar refractivity (Wildman–Crippen MR) is 86.5 cm³/mol. The SMILES string of the molecule is CCc1nc(NCCc2ccc(C(=O)O)cc2)sc1CC. The minimum absolute atomic E-state index is 0.326. The van der Waals surface area contributed by atoms with Gasteiger partial charge in [0.2, 0.25) is 0 Å². The lowest BCUT2D eigenvalue weighted by Crippen LogP contribution is -2.05. The quantitative estimate of drug-likeness (QED) is 0.820. The Hall–Kier alpha value is -1.88. The van der Waals surface area contributed by atoms with Crippen molar-refractivity contribution in [2.75, 3.05) is 11.9 Å². The molecule has 0 saturated heterocycles. The summed E-state index contributed by atoms with van der Waals surface area (Å²) in [6.45, 7) is 5.08. The Balaban J connectivity index is 1.89. The Kier molecular flexibility index (Phi) is 5.33. The van der Waals surface area contributed by atoms with Crippen molar-refractivity contribution in [1.82, 2.24) is 4.98 Å². The normalized spacial score (nSPS) is 10.6. The van der Waals surface area contributed by atoms with Crippen LogP contribution in [0.1, 0.15) is 40.3 Å². The summed E-state index contributed by atoms with van der Waals surface area (Å²) in [5.41, 5.74) is 2.64.